The number of aromatic nitrogens is 2. The highest BCUT2D eigenvalue weighted by Gasteiger charge is 2.36. The fourth-order valence-electron chi connectivity index (χ4n) is 8.32. The zero-order valence-corrected chi connectivity index (χ0v) is 28.8. The molecule has 1 aromatic heterocycles. The number of ether oxygens (including phenoxy) is 1. The van der Waals surface area contributed by atoms with Crippen molar-refractivity contribution in [2.75, 3.05) is 101 Å². The van der Waals surface area contributed by atoms with Gasteiger partial charge in [-0.1, -0.05) is 24.3 Å². The molecule has 1 amide bonds. The number of likely N-dealkylation sites (N-methyl/N-ethyl adjacent to an activating group) is 1. The van der Waals surface area contributed by atoms with Gasteiger partial charge in [-0.15, -0.1) is 0 Å². The summed E-state index contributed by atoms with van der Waals surface area (Å²) >= 11 is 0. The fraction of sp³-hybridized carbons (Fsp3) is 0.622. The predicted octanol–water partition coefficient (Wildman–Crippen LogP) is 2.75. The van der Waals surface area contributed by atoms with Gasteiger partial charge in [-0.3, -0.25) is 9.69 Å². The van der Waals surface area contributed by atoms with Gasteiger partial charge in [0, 0.05) is 94.7 Å². The maximum absolute atomic E-state index is 13.4. The molecule has 11 nitrogen and oxygen atoms in total. The third-order valence-electron chi connectivity index (χ3n) is 11.1. The first-order valence-electron chi connectivity index (χ1n) is 18.0. The predicted molar refractivity (Wildman–Crippen MR) is 189 cm³/mol. The highest BCUT2D eigenvalue weighted by molar-refractivity contribution is 5.88. The van der Waals surface area contributed by atoms with E-state index in [4.69, 9.17) is 14.7 Å². The van der Waals surface area contributed by atoms with Crippen LogP contribution in [0.4, 0.5) is 17.5 Å². The Morgan fingerprint density at radius 1 is 1.02 bits per heavy atom. The average Bonchev–Trinajstić information content (AvgIpc) is 3.62. The number of hydrogen-bond acceptors (Lipinski definition) is 10. The number of carbonyl (C=O) groups excluding carboxylic acids is 1. The molecule has 0 N–H and O–H groups in total. The van der Waals surface area contributed by atoms with Crippen LogP contribution in [0.2, 0.25) is 0 Å². The van der Waals surface area contributed by atoms with Crippen molar-refractivity contribution >= 4 is 23.4 Å². The first-order chi connectivity index (χ1) is 23.5. The molecule has 3 saturated heterocycles. The number of benzene rings is 1. The highest BCUT2D eigenvalue weighted by Crippen LogP contribution is 2.37. The Kier molecular flexibility index (Phi) is 10.1. The summed E-state index contributed by atoms with van der Waals surface area (Å²) in [7, 11) is 4.31. The third kappa shape index (κ3) is 7.02. The minimum absolute atomic E-state index is 0.00925. The quantitative estimate of drug-likeness (QED) is 0.396. The lowest BCUT2D eigenvalue weighted by molar-refractivity contribution is -0.128. The number of morpholine rings is 1. The molecule has 0 saturated carbocycles. The molecule has 3 fully saturated rings. The van der Waals surface area contributed by atoms with Gasteiger partial charge in [0.1, 0.15) is 5.82 Å². The topological polar surface area (TPSA) is 95.3 Å². The molecule has 7 rings (SSSR count). The molecule has 3 atom stereocenters. The maximum Gasteiger partial charge on any atom is 0.246 e. The van der Waals surface area contributed by atoms with Gasteiger partial charge in [0.25, 0.3) is 0 Å². The minimum Gasteiger partial charge on any atom is -0.379 e. The SMILES string of the molecule is CN(C)C1CCN(c2nc3c(c(N4CCN(C(=O)C=CCN5CCOCC5)C(CC#N)C4)n2)CCC(N2CCCc4ccccc42)C3)C1. The number of aryl methyl sites for hydroxylation is 1. The van der Waals surface area contributed by atoms with E-state index in [1.54, 1.807) is 6.08 Å². The van der Waals surface area contributed by atoms with Gasteiger partial charge >= 0.3 is 0 Å². The van der Waals surface area contributed by atoms with Gasteiger partial charge in [-0.25, -0.2) is 4.98 Å². The molecule has 256 valence electrons. The summed E-state index contributed by atoms with van der Waals surface area (Å²) in [6.07, 6.45) is 10.3. The van der Waals surface area contributed by atoms with Crippen LogP contribution in [0.5, 0.6) is 0 Å². The molecule has 48 heavy (non-hydrogen) atoms. The lowest BCUT2D eigenvalue weighted by atomic mass is 9.88. The van der Waals surface area contributed by atoms with Crippen molar-refractivity contribution < 1.29 is 9.53 Å². The summed E-state index contributed by atoms with van der Waals surface area (Å²) in [4.78, 5) is 37.9. The van der Waals surface area contributed by atoms with E-state index in [2.05, 4.69) is 68.9 Å². The number of para-hydroxylation sites is 1. The number of nitriles is 1. The number of fused-ring (bicyclic) bond motifs is 2. The van der Waals surface area contributed by atoms with Crippen LogP contribution in [-0.2, 0) is 28.8 Å². The number of hydrogen-bond donors (Lipinski definition) is 0. The van der Waals surface area contributed by atoms with E-state index < -0.39 is 0 Å². The Morgan fingerprint density at radius 3 is 2.69 bits per heavy atom. The van der Waals surface area contributed by atoms with Crippen molar-refractivity contribution in [2.24, 2.45) is 0 Å². The molecule has 2 aromatic rings. The maximum atomic E-state index is 13.4. The summed E-state index contributed by atoms with van der Waals surface area (Å²) in [5.74, 6) is 1.83. The standard InChI is InChI=1S/C37H51N9O2/c1-41(2)30-14-18-44(26-30)37-39-33-25-29(45-17-5-8-28-7-3-4-9-34(28)45)11-12-32(33)36(40-37)43-19-20-46(31(27-43)13-15-38)35(47)10-6-16-42-21-23-48-24-22-42/h3-4,6-7,9-10,29-31H,5,8,11-14,16-27H2,1-2H3. The third-order valence-corrected chi connectivity index (χ3v) is 11.1. The second-order valence-electron chi connectivity index (χ2n) is 14.3. The monoisotopic (exact) mass is 653 g/mol. The molecule has 0 bridgehead atoms. The molecule has 1 aliphatic carbocycles. The van der Waals surface area contributed by atoms with Gasteiger partial charge < -0.3 is 29.2 Å². The normalized spacial score (nSPS) is 25.0. The summed E-state index contributed by atoms with van der Waals surface area (Å²) in [6, 6.07) is 12.0. The number of amides is 1. The first-order valence-corrected chi connectivity index (χ1v) is 18.0. The Balaban J connectivity index is 1.13. The summed E-state index contributed by atoms with van der Waals surface area (Å²) in [5, 5.41) is 9.81. The van der Waals surface area contributed by atoms with Crippen LogP contribution in [0.15, 0.2) is 36.4 Å². The van der Waals surface area contributed by atoms with E-state index in [9.17, 15) is 10.1 Å². The largest absolute Gasteiger partial charge is 0.379 e. The van der Waals surface area contributed by atoms with Gasteiger partial charge in [0.2, 0.25) is 11.9 Å². The lowest BCUT2D eigenvalue weighted by Crippen LogP contribution is -2.55. The van der Waals surface area contributed by atoms with Gasteiger partial charge in [0.05, 0.1) is 37.4 Å². The molecular weight excluding hydrogens is 602 g/mol. The Labute approximate surface area is 285 Å². The first kappa shape index (κ1) is 32.8. The number of piperazine rings is 1. The zero-order chi connectivity index (χ0) is 33.0. The number of nitrogens with zero attached hydrogens (tertiary/aromatic N) is 9. The van der Waals surface area contributed by atoms with E-state index in [1.165, 1.54) is 28.9 Å². The molecule has 5 heterocycles. The highest BCUT2D eigenvalue weighted by atomic mass is 16.5. The van der Waals surface area contributed by atoms with Crippen LogP contribution >= 0.6 is 0 Å². The number of carbonyl (C=O) groups is 1. The van der Waals surface area contributed by atoms with E-state index >= 15 is 0 Å². The molecule has 0 spiro atoms. The van der Waals surface area contributed by atoms with Crippen molar-refractivity contribution in [3.05, 3.63) is 53.2 Å². The molecular formula is C37H51N9O2. The summed E-state index contributed by atoms with van der Waals surface area (Å²) in [5.41, 5.74) is 5.27. The van der Waals surface area contributed by atoms with E-state index in [-0.39, 0.29) is 11.9 Å². The van der Waals surface area contributed by atoms with Gasteiger partial charge in [0.15, 0.2) is 0 Å². The zero-order valence-electron chi connectivity index (χ0n) is 28.8. The molecule has 0 radical (unpaired) electrons. The van der Waals surface area contributed by atoms with Crippen molar-refractivity contribution in [3.8, 4) is 6.07 Å². The fourth-order valence-corrected chi connectivity index (χ4v) is 8.32. The van der Waals surface area contributed by atoms with E-state index in [0.29, 0.717) is 38.1 Å². The molecule has 5 aliphatic rings. The Hall–Kier alpha value is -3.72. The Bertz CT molecular complexity index is 1520. The lowest BCUT2D eigenvalue weighted by Gasteiger charge is -2.43. The molecule has 11 heteroatoms. The van der Waals surface area contributed by atoms with Crippen LogP contribution in [0, 0.1) is 11.3 Å². The summed E-state index contributed by atoms with van der Waals surface area (Å²) < 4.78 is 5.45. The van der Waals surface area contributed by atoms with Crippen LogP contribution < -0.4 is 14.7 Å². The van der Waals surface area contributed by atoms with Crippen molar-refractivity contribution in [3.63, 3.8) is 0 Å². The van der Waals surface area contributed by atoms with Crippen molar-refractivity contribution in [1.29, 1.82) is 5.26 Å². The second kappa shape index (κ2) is 14.8. The minimum atomic E-state index is -0.190. The van der Waals surface area contributed by atoms with Crippen LogP contribution in [0.1, 0.15) is 42.5 Å². The van der Waals surface area contributed by atoms with Gasteiger partial charge in [-0.2, -0.15) is 10.2 Å². The van der Waals surface area contributed by atoms with Crippen LogP contribution in [0.3, 0.4) is 0 Å². The van der Waals surface area contributed by atoms with Crippen LogP contribution in [0.25, 0.3) is 0 Å². The molecule has 3 unspecified atom stereocenters. The van der Waals surface area contributed by atoms with E-state index in [1.807, 2.05) is 11.0 Å². The van der Waals surface area contributed by atoms with Crippen LogP contribution in [-0.4, -0.2) is 135 Å². The molecule has 4 aliphatic heterocycles. The molecule has 1 aromatic carbocycles. The second-order valence-corrected chi connectivity index (χ2v) is 14.3. The average molecular weight is 654 g/mol. The summed E-state index contributed by atoms with van der Waals surface area (Å²) in [6.45, 7) is 8.81. The van der Waals surface area contributed by atoms with Crippen molar-refractivity contribution in [2.45, 2.75) is 63.1 Å². The van der Waals surface area contributed by atoms with Gasteiger partial charge in [-0.05, 0) is 57.8 Å². The number of rotatable bonds is 8. The van der Waals surface area contributed by atoms with E-state index in [0.717, 1.165) is 96.4 Å². The van der Waals surface area contributed by atoms with Crippen molar-refractivity contribution in [1.82, 2.24) is 24.7 Å². The smallest absolute Gasteiger partial charge is 0.246 e. The Morgan fingerprint density at radius 2 is 1.88 bits per heavy atom. The number of anilines is 3.